The highest BCUT2D eigenvalue weighted by molar-refractivity contribution is 6.13. The van der Waals surface area contributed by atoms with E-state index in [-0.39, 0.29) is 11.8 Å². The molecule has 98 valence electrons. The molecule has 0 fully saturated rings. The second-order valence-electron chi connectivity index (χ2n) is 2.77. The van der Waals surface area contributed by atoms with Crippen LogP contribution in [0.2, 0.25) is 0 Å². The molecule has 0 aromatic rings. The summed E-state index contributed by atoms with van der Waals surface area (Å²) in [5, 5.41) is 17.4. The minimum atomic E-state index is -0.537. The van der Waals surface area contributed by atoms with Crippen LogP contribution in [0.5, 0.6) is 0 Å². The quantitative estimate of drug-likeness (QED) is 0.452. The Kier molecular flexibility index (Phi) is 6.86. The second-order valence-corrected chi connectivity index (χ2v) is 2.77. The van der Waals surface area contributed by atoms with Crippen LogP contribution >= 0.6 is 0 Å². The van der Waals surface area contributed by atoms with Crippen molar-refractivity contribution in [3.05, 3.63) is 24.3 Å². The van der Waals surface area contributed by atoms with Crippen molar-refractivity contribution in [3.8, 4) is 0 Å². The van der Waals surface area contributed by atoms with E-state index >= 15 is 0 Å². The lowest BCUT2D eigenvalue weighted by atomic mass is 10.6. The van der Waals surface area contributed by atoms with Crippen LogP contribution in [0.15, 0.2) is 24.3 Å². The van der Waals surface area contributed by atoms with E-state index in [2.05, 4.69) is 0 Å². The molecular formula is C10H12N2O6. The number of amides is 4. The number of imide groups is 2. The van der Waals surface area contributed by atoms with Gasteiger partial charge in [-0.25, -0.2) is 0 Å². The molecule has 0 aromatic heterocycles. The van der Waals surface area contributed by atoms with Crippen molar-refractivity contribution in [2.24, 2.45) is 0 Å². The van der Waals surface area contributed by atoms with Gasteiger partial charge in [0, 0.05) is 31.4 Å². The van der Waals surface area contributed by atoms with Crippen molar-refractivity contribution in [2.75, 3.05) is 13.8 Å². The highest BCUT2D eigenvalue weighted by Crippen LogP contribution is 2.00. The molecule has 0 saturated carbocycles. The number of carbonyl (C=O) groups is 4. The molecule has 8 heteroatoms. The highest BCUT2D eigenvalue weighted by atomic mass is 16.3. The predicted octanol–water partition coefficient (Wildman–Crippen LogP) is -2.33. The first-order valence-electron chi connectivity index (χ1n) is 4.66. The number of nitrogens with one attached hydrogen (secondary N) is 1. The van der Waals surface area contributed by atoms with Crippen molar-refractivity contribution in [3.63, 3.8) is 0 Å². The Labute approximate surface area is 102 Å². The minimum Gasteiger partial charge on any atom is -0.400 e. The molecule has 2 heterocycles. The summed E-state index contributed by atoms with van der Waals surface area (Å²) in [5.74, 6) is -1.57. The lowest BCUT2D eigenvalue weighted by Crippen LogP contribution is -2.30. The number of nitrogens with zero attached hydrogens (tertiary/aromatic N) is 1. The number of carbonyl (C=O) groups excluding carboxylic acids is 4. The molecule has 2 rings (SSSR count). The summed E-state index contributed by atoms with van der Waals surface area (Å²) in [7, 11) is 1.00. The van der Waals surface area contributed by atoms with Gasteiger partial charge in [0.25, 0.3) is 23.6 Å². The molecule has 18 heavy (non-hydrogen) atoms. The smallest absolute Gasteiger partial charge is 0.255 e. The molecule has 2 aliphatic heterocycles. The normalized spacial score (nSPS) is 16.1. The molecule has 3 N–H and O–H groups in total. The third-order valence-electron chi connectivity index (χ3n) is 1.67. The van der Waals surface area contributed by atoms with Crippen LogP contribution in [0.25, 0.3) is 0 Å². The van der Waals surface area contributed by atoms with Gasteiger partial charge in [0.15, 0.2) is 0 Å². The van der Waals surface area contributed by atoms with Gasteiger partial charge < -0.3 is 10.2 Å². The molecule has 0 atom stereocenters. The van der Waals surface area contributed by atoms with Crippen LogP contribution in [0, 0.1) is 0 Å². The summed E-state index contributed by atoms with van der Waals surface area (Å²) in [6.07, 6.45) is 4.64. The number of rotatable bonds is 1. The summed E-state index contributed by atoms with van der Waals surface area (Å²) < 4.78 is 0. The lowest BCUT2D eigenvalue weighted by molar-refractivity contribution is -0.140. The third-order valence-corrected chi connectivity index (χ3v) is 1.67. The van der Waals surface area contributed by atoms with Crippen LogP contribution in [-0.4, -0.2) is 52.6 Å². The van der Waals surface area contributed by atoms with Crippen molar-refractivity contribution in [1.82, 2.24) is 10.2 Å². The Hall–Kier alpha value is -2.32. The average molecular weight is 256 g/mol. The summed E-state index contributed by atoms with van der Waals surface area (Å²) in [4.78, 5) is 41.8. The van der Waals surface area contributed by atoms with E-state index in [1.165, 1.54) is 12.2 Å². The van der Waals surface area contributed by atoms with E-state index in [0.29, 0.717) is 0 Å². The number of hydrogen-bond donors (Lipinski definition) is 3. The van der Waals surface area contributed by atoms with Gasteiger partial charge in [-0.05, 0) is 0 Å². The molecular weight excluding hydrogens is 244 g/mol. The molecule has 0 bridgehead atoms. The zero-order valence-electron chi connectivity index (χ0n) is 9.49. The number of hydrogen-bond acceptors (Lipinski definition) is 6. The maximum atomic E-state index is 10.5. The fourth-order valence-electron chi connectivity index (χ4n) is 0.927. The average Bonchev–Trinajstić information content (AvgIpc) is 2.89. The molecule has 0 saturated heterocycles. The summed E-state index contributed by atoms with van der Waals surface area (Å²) in [6.45, 7) is -0.537. The Morgan fingerprint density at radius 3 is 1.50 bits per heavy atom. The van der Waals surface area contributed by atoms with Crippen molar-refractivity contribution in [2.45, 2.75) is 0 Å². The van der Waals surface area contributed by atoms with Crippen molar-refractivity contribution >= 4 is 23.6 Å². The van der Waals surface area contributed by atoms with Gasteiger partial charge >= 0.3 is 0 Å². The Balaban J connectivity index is 0.000000289. The standard InChI is InChI=1S/C5H5NO3.C4H3NO2.CH4O/c7-3-6-4(8)1-2-5(6)9;6-3-1-2-4(7)5-3;1-2/h1-2,7H,3H2;1-2H,(H,5,6,7);2H,1H3. The largest absolute Gasteiger partial charge is 0.400 e. The second kappa shape index (κ2) is 7.87. The van der Waals surface area contributed by atoms with Gasteiger partial charge in [0.1, 0.15) is 6.73 Å². The van der Waals surface area contributed by atoms with E-state index in [4.69, 9.17) is 10.2 Å². The van der Waals surface area contributed by atoms with Gasteiger partial charge in [-0.1, -0.05) is 0 Å². The number of aliphatic hydroxyl groups excluding tert-OH is 2. The lowest BCUT2D eigenvalue weighted by Gasteiger charge is -2.06. The molecule has 0 spiro atoms. The van der Waals surface area contributed by atoms with Crippen LogP contribution in [0.3, 0.4) is 0 Å². The van der Waals surface area contributed by atoms with Crippen molar-refractivity contribution < 1.29 is 29.4 Å². The van der Waals surface area contributed by atoms with E-state index in [0.717, 1.165) is 24.2 Å². The van der Waals surface area contributed by atoms with Crippen LogP contribution in [0.1, 0.15) is 0 Å². The number of aliphatic hydroxyl groups is 2. The van der Waals surface area contributed by atoms with Crippen LogP contribution < -0.4 is 5.32 Å². The molecule has 2 aliphatic rings. The molecule has 4 amide bonds. The summed E-state index contributed by atoms with van der Waals surface area (Å²) in [5.41, 5.74) is 0. The zero-order valence-corrected chi connectivity index (χ0v) is 9.49. The third kappa shape index (κ3) is 4.68. The van der Waals surface area contributed by atoms with E-state index in [1.54, 1.807) is 0 Å². The summed E-state index contributed by atoms with van der Waals surface area (Å²) >= 11 is 0. The SMILES string of the molecule is CO.O=C1C=CC(=O)N1.O=C1C=CC(=O)N1CO. The van der Waals surface area contributed by atoms with E-state index < -0.39 is 18.5 Å². The fourth-order valence-corrected chi connectivity index (χ4v) is 0.927. The topological polar surface area (TPSA) is 124 Å². The van der Waals surface area contributed by atoms with Crippen molar-refractivity contribution in [1.29, 1.82) is 0 Å². The summed E-state index contributed by atoms with van der Waals surface area (Å²) in [6, 6.07) is 0. The first-order chi connectivity index (χ1) is 8.54. The fraction of sp³-hybridized carbons (Fsp3) is 0.200. The van der Waals surface area contributed by atoms with Gasteiger partial charge in [0.05, 0.1) is 0 Å². The van der Waals surface area contributed by atoms with Gasteiger partial charge in [0.2, 0.25) is 0 Å². The van der Waals surface area contributed by atoms with E-state index in [1.807, 2.05) is 5.32 Å². The Morgan fingerprint density at radius 1 is 0.944 bits per heavy atom. The van der Waals surface area contributed by atoms with Gasteiger partial charge in [-0.15, -0.1) is 0 Å². The van der Waals surface area contributed by atoms with E-state index in [9.17, 15) is 19.2 Å². The molecule has 8 nitrogen and oxygen atoms in total. The van der Waals surface area contributed by atoms with Crippen LogP contribution in [0.4, 0.5) is 0 Å². The first-order valence-corrected chi connectivity index (χ1v) is 4.66. The maximum absolute atomic E-state index is 10.5. The maximum Gasteiger partial charge on any atom is 0.255 e. The Morgan fingerprint density at radius 2 is 1.33 bits per heavy atom. The molecule has 0 aromatic carbocycles. The monoisotopic (exact) mass is 256 g/mol. The Bertz CT molecular complexity index is 379. The van der Waals surface area contributed by atoms with Crippen LogP contribution in [-0.2, 0) is 19.2 Å². The molecule has 0 aliphatic carbocycles. The minimum absolute atomic E-state index is 0.329. The molecule has 0 unspecified atom stereocenters. The predicted molar refractivity (Wildman–Crippen MR) is 58.5 cm³/mol. The van der Waals surface area contributed by atoms with Gasteiger partial charge in [-0.2, -0.15) is 0 Å². The highest BCUT2D eigenvalue weighted by Gasteiger charge is 2.21. The molecule has 0 radical (unpaired) electrons. The first kappa shape index (κ1) is 15.7. The zero-order chi connectivity index (χ0) is 14.1. The van der Waals surface area contributed by atoms with Gasteiger partial charge in [-0.3, -0.25) is 29.4 Å².